The number of carbonyl (C=O) groups is 1. The maximum absolute atomic E-state index is 12.3. The molecule has 0 unspecified atom stereocenters. The lowest BCUT2D eigenvalue weighted by molar-refractivity contribution is -0.117. The molecular weight excluding hydrogens is 302 g/mol. The molecule has 1 amide bonds. The minimum Gasteiger partial charge on any atom is -0.344 e. The summed E-state index contributed by atoms with van der Waals surface area (Å²) in [6.07, 6.45) is 9.75. The Morgan fingerprint density at radius 2 is 2.04 bits per heavy atom. The summed E-state index contributed by atoms with van der Waals surface area (Å²) in [5.41, 5.74) is 1.89. The number of hydrogen-bond acceptors (Lipinski definition) is 4. The number of nitrogens with zero attached hydrogens (tertiary/aromatic N) is 4. The molecule has 6 heteroatoms. The van der Waals surface area contributed by atoms with Gasteiger partial charge in [0.1, 0.15) is 12.7 Å². The number of nitrogens with one attached hydrogen (secondary N) is 1. The van der Waals surface area contributed by atoms with Crippen molar-refractivity contribution in [1.82, 2.24) is 25.1 Å². The van der Waals surface area contributed by atoms with Gasteiger partial charge in [-0.3, -0.25) is 14.5 Å². The topological polar surface area (TPSA) is 72.7 Å². The first kappa shape index (κ1) is 15.6. The van der Waals surface area contributed by atoms with E-state index in [1.54, 1.807) is 29.5 Å². The molecule has 0 aliphatic rings. The van der Waals surface area contributed by atoms with Crippen molar-refractivity contribution in [3.05, 3.63) is 84.7 Å². The van der Waals surface area contributed by atoms with Gasteiger partial charge in [0.05, 0.1) is 12.6 Å². The van der Waals surface area contributed by atoms with Crippen molar-refractivity contribution in [1.29, 1.82) is 0 Å². The number of rotatable bonds is 6. The average molecular weight is 319 g/mol. The number of aromatic nitrogens is 4. The van der Waals surface area contributed by atoms with Gasteiger partial charge in [-0.25, -0.2) is 4.98 Å². The van der Waals surface area contributed by atoms with Gasteiger partial charge >= 0.3 is 0 Å². The van der Waals surface area contributed by atoms with Crippen LogP contribution in [0.5, 0.6) is 0 Å². The van der Waals surface area contributed by atoms with Crippen LogP contribution in [0.4, 0.5) is 0 Å². The Kier molecular flexibility index (Phi) is 5.09. The molecule has 6 nitrogen and oxygen atoms in total. The van der Waals surface area contributed by atoms with Crippen molar-refractivity contribution in [3.8, 4) is 0 Å². The lowest BCUT2D eigenvalue weighted by atomic mass is 10.1. The molecule has 24 heavy (non-hydrogen) atoms. The zero-order valence-electron chi connectivity index (χ0n) is 13.0. The molecule has 0 radical (unpaired) electrons. The maximum atomic E-state index is 12.3. The summed E-state index contributed by atoms with van der Waals surface area (Å²) < 4.78 is 1.70. The highest BCUT2D eigenvalue weighted by Crippen LogP contribution is 2.14. The molecule has 0 saturated heterocycles. The SMILES string of the molecule is O=C(/C=C\c1cccnc1)N[C@H](Cn1cncn1)c1ccccc1. The van der Waals surface area contributed by atoms with Gasteiger partial charge in [0.2, 0.25) is 5.91 Å². The van der Waals surface area contributed by atoms with Gasteiger partial charge in [-0.05, 0) is 23.3 Å². The van der Waals surface area contributed by atoms with Gasteiger partial charge in [-0.1, -0.05) is 36.4 Å². The highest BCUT2D eigenvalue weighted by atomic mass is 16.1. The monoisotopic (exact) mass is 319 g/mol. The zero-order chi connectivity index (χ0) is 16.6. The Morgan fingerprint density at radius 1 is 1.17 bits per heavy atom. The van der Waals surface area contributed by atoms with Gasteiger partial charge in [0.25, 0.3) is 0 Å². The number of pyridine rings is 1. The zero-order valence-corrected chi connectivity index (χ0v) is 13.0. The Balaban J connectivity index is 1.71. The van der Waals surface area contributed by atoms with Crippen LogP contribution in [0.1, 0.15) is 17.2 Å². The van der Waals surface area contributed by atoms with Crippen LogP contribution in [-0.2, 0) is 11.3 Å². The first-order chi connectivity index (χ1) is 11.8. The van der Waals surface area contributed by atoms with E-state index in [0.717, 1.165) is 11.1 Å². The summed E-state index contributed by atoms with van der Waals surface area (Å²) in [7, 11) is 0. The third-order valence-corrected chi connectivity index (χ3v) is 3.47. The Hall–Kier alpha value is -3.28. The number of amides is 1. The molecule has 120 valence electrons. The predicted molar refractivity (Wildman–Crippen MR) is 90.6 cm³/mol. The normalized spacial score (nSPS) is 12.2. The number of carbonyl (C=O) groups excluding carboxylic acids is 1. The van der Waals surface area contributed by atoms with Crippen LogP contribution >= 0.6 is 0 Å². The van der Waals surface area contributed by atoms with Crippen LogP contribution in [0.3, 0.4) is 0 Å². The molecule has 0 aliphatic carbocycles. The molecular formula is C18H17N5O. The number of benzene rings is 1. The highest BCUT2D eigenvalue weighted by Gasteiger charge is 2.14. The molecule has 0 aliphatic heterocycles. The largest absolute Gasteiger partial charge is 0.344 e. The van der Waals surface area contributed by atoms with E-state index in [0.29, 0.717) is 6.54 Å². The summed E-state index contributed by atoms with van der Waals surface area (Å²) in [6, 6.07) is 13.3. The Bertz CT molecular complexity index is 785. The van der Waals surface area contributed by atoms with E-state index >= 15 is 0 Å². The maximum Gasteiger partial charge on any atom is 0.244 e. The van der Waals surface area contributed by atoms with E-state index < -0.39 is 0 Å². The summed E-state index contributed by atoms with van der Waals surface area (Å²) in [5.74, 6) is -0.173. The molecule has 2 aromatic heterocycles. The van der Waals surface area contributed by atoms with Crippen molar-refractivity contribution in [3.63, 3.8) is 0 Å². The minimum absolute atomic E-state index is 0.173. The lowest BCUT2D eigenvalue weighted by Gasteiger charge is -2.18. The van der Waals surface area contributed by atoms with Gasteiger partial charge in [0, 0.05) is 18.5 Å². The second-order valence-electron chi connectivity index (χ2n) is 5.21. The summed E-state index contributed by atoms with van der Waals surface area (Å²) in [4.78, 5) is 20.2. The minimum atomic E-state index is -0.195. The molecule has 0 saturated carbocycles. The third-order valence-electron chi connectivity index (χ3n) is 3.47. The van der Waals surface area contributed by atoms with Crippen LogP contribution in [0.2, 0.25) is 0 Å². The molecule has 2 heterocycles. The van der Waals surface area contributed by atoms with Crippen molar-refractivity contribution < 1.29 is 4.79 Å². The Morgan fingerprint density at radius 3 is 2.75 bits per heavy atom. The van der Waals surface area contributed by atoms with Gasteiger partial charge in [-0.2, -0.15) is 5.10 Å². The van der Waals surface area contributed by atoms with Crippen molar-refractivity contribution in [2.75, 3.05) is 0 Å². The van der Waals surface area contributed by atoms with Crippen molar-refractivity contribution >= 4 is 12.0 Å². The van der Waals surface area contributed by atoms with E-state index in [-0.39, 0.29) is 11.9 Å². The summed E-state index contributed by atoms with van der Waals surface area (Å²) in [6.45, 7) is 0.510. The molecule has 1 atom stereocenters. The van der Waals surface area contributed by atoms with Crippen LogP contribution in [0.15, 0.2) is 73.6 Å². The second kappa shape index (κ2) is 7.82. The van der Waals surface area contributed by atoms with Crippen molar-refractivity contribution in [2.24, 2.45) is 0 Å². The smallest absolute Gasteiger partial charge is 0.244 e. The molecule has 3 aromatic rings. The van der Waals surface area contributed by atoms with Crippen LogP contribution in [-0.4, -0.2) is 25.7 Å². The standard InChI is InChI=1S/C18H17N5O/c24-18(9-8-15-5-4-10-19-11-15)22-17(12-23-14-20-13-21-23)16-6-2-1-3-7-16/h1-11,13-14,17H,12H2,(H,22,24)/b9-8-/t17-/m1/s1. The molecule has 0 spiro atoms. The van der Waals surface area contributed by atoms with Crippen molar-refractivity contribution in [2.45, 2.75) is 12.6 Å². The molecule has 3 rings (SSSR count). The molecule has 1 N–H and O–H groups in total. The average Bonchev–Trinajstić information content (AvgIpc) is 3.14. The fourth-order valence-electron chi connectivity index (χ4n) is 2.30. The van der Waals surface area contributed by atoms with Gasteiger partial charge in [-0.15, -0.1) is 0 Å². The fraction of sp³-hybridized carbons (Fsp3) is 0.111. The summed E-state index contributed by atoms with van der Waals surface area (Å²) in [5, 5.41) is 7.12. The van der Waals surface area contributed by atoms with E-state index in [4.69, 9.17) is 0 Å². The van der Waals surface area contributed by atoms with Crippen LogP contribution < -0.4 is 5.32 Å². The molecule has 1 aromatic carbocycles. The van der Waals surface area contributed by atoms with E-state index in [1.165, 1.54) is 12.4 Å². The lowest BCUT2D eigenvalue weighted by Crippen LogP contribution is -2.30. The van der Waals surface area contributed by atoms with Gasteiger partial charge < -0.3 is 5.32 Å². The highest BCUT2D eigenvalue weighted by molar-refractivity contribution is 5.91. The Labute approximate surface area is 139 Å². The molecule has 0 bridgehead atoms. The number of hydrogen-bond donors (Lipinski definition) is 1. The quantitative estimate of drug-likeness (QED) is 0.707. The fourth-order valence-corrected chi connectivity index (χ4v) is 2.30. The second-order valence-corrected chi connectivity index (χ2v) is 5.21. The third kappa shape index (κ3) is 4.36. The summed E-state index contributed by atoms with van der Waals surface area (Å²) >= 11 is 0. The van der Waals surface area contributed by atoms with Crippen LogP contribution in [0.25, 0.3) is 6.08 Å². The molecule has 0 fully saturated rings. The first-order valence-corrected chi connectivity index (χ1v) is 7.57. The van der Waals surface area contributed by atoms with Gasteiger partial charge in [0.15, 0.2) is 0 Å². The van der Waals surface area contributed by atoms with E-state index in [9.17, 15) is 4.79 Å². The van der Waals surface area contributed by atoms with Crippen LogP contribution in [0, 0.1) is 0 Å². The van der Waals surface area contributed by atoms with E-state index in [2.05, 4.69) is 20.4 Å². The van der Waals surface area contributed by atoms with E-state index in [1.807, 2.05) is 42.5 Å². The predicted octanol–water partition coefficient (Wildman–Crippen LogP) is 2.24. The first-order valence-electron chi connectivity index (χ1n) is 7.57.